The molecule has 1 N–H and O–H groups in total. The smallest absolute Gasteiger partial charge is 0.295 e. The first-order valence-electron chi connectivity index (χ1n) is 11.9. The first-order valence-corrected chi connectivity index (χ1v) is 11.9. The van der Waals surface area contributed by atoms with E-state index in [4.69, 9.17) is 9.47 Å². The molecule has 1 aliphatic heterocycles. The number of aliphatic hydroxyl groups excluding tert-OH is 1. The standard InChI is InChI=1S/C27H31N3O5/c1-4-5-17-35-20-12-10-19(11-13-20)24-22(26(32)27(33)30(24)15-8-16-34-3)25(31)23-18(2)28-21-9-6-7-14-29(21)23/h6-7,9-14,24,31H,4-5,8,15-17H2,1-3H3. The molecule has 1 aromatic carbocycles. The molecule has 1 unspecified atom stereocenters. The number of hydrogen-bond acceptors (Lipinski definition) is 6. The second kappa shape index (κ2) is 10.7. The van der Waals surface area contributed by atoms with E-state index in [1.807, 2.05) is 42.5 Å². The van der Waals surface area contributed by atoms with Crippen molar-refractivity contribution >= 4 is 23.1 Å². The predicted molar refractivity (Wildman–Crippen MR) is 132 cm³/mol. The number of ketones is 1. The van der Waals surface area contributed by atoms with Crippen LogP contribution >= 0.6 is 0 Å². The number of imidazole rings is 1. The van der Waals surface area contributed by atoms with E-state index in [9.17, 15) is 14.7 Å². The van der Waals surface area contributed by atoms with E-state index < -0.39 is 17.7 Å². The summed E-state index contributed by atoms with van der Waals surface area (Å²) in [6.07, 6.45) is 4.33. The molecule has 4 rings (SSSR count). The van der Waals surface area contributed by atoms with Crippen molar-refractivity contribution < 1.29 is 24.2 Å². The number of aromatic nitrogens is 2. The zero-order valence-electron chi connectivity index (χ0n) is 20.4. The van der Waals surface area contributed by atoms with Gasteiger partial charge in [-0.3, -0.25) is 14.0 Å². The number of aliphatic hydroxyl groups is 1. The third-order valence-electron chi connectivity index (χ3n) is 6.18. The van der Waals surface area contributed by atoms with Gasteiger partial charge in [-0.1, -0.05) is 31.5 Å². The molecule has 3 aromatic rings. The highest BCUT2D eigenvalue weighted by Crippen LogP contribution is 2.40. The van der Waals surface area contributed by atoms with Gasteiger partial charge in [0.1, 0.15) is 17.1 Å². The molecule has 2 aromatic heterocycles. The summed E-state index contributed by atoms with van der Waals surface area (Å²) < 4.78 is 12.7. The minimum Gasteiger partial charge on any atom is -0.505 e. The van der Waals surface area contributed by atoms with E-state index in [0.29, 0.717) is 43.2 Å². The molecule has 8 heteroatoms. The number of unbranched alkanes of at least 4 members (excludes halogenated alkanes) is 1. The molecule has 3 heterocycles. The summed E-state index contributed by atoms with van der Waals surface area (Å²) >= 11 is 0. The van der Waals surface area contributed by atoms with Crippen molar-refractivity contribution in [2.75, 3.05) is 26.9 Å². The van der Waals surface area contributed by atoms with Crippen LogP contribution in [0.5, 0.6) is 5.75 Å². The van der Waals surface area contributed by atoms with Crippen LogP contribution in [0.25, 0.3) is 11.4 Å². The van der Waals surface area contributed by atoms with Crippen molar-refractivity contribution in [2.24, 2.45) is 0 Å². The lowest BCUT2D eigenvalue weighted by Gasteiger charge is -2.25. The van der Waals surface area contributed by atoms with Gasteiger partial charge in [-0.15, -0.1) is 0 Å². The van der Waals surface area contributed by atoms with Gasteiger partial charge < -0.3 is 19.5 Å². The maximum Gasteiger partial charge on any atom is 0.295 e. The number of nitrogens with zero attached hydrogens (tertiary/aromatic N) is 3. The highest BCUT2D eigenvalue weighted by Gasteiger charge is 2.46. The average molecular weight is 478 g/mol. The van der Waals surface area contributed by atoms with E-state index in [1.54, 1.807) is 24.6 Å². The molecule has 0 radical (unpaired) electrons. The van der Waals surface area contributed by atoms with E-state index in [0.717, 1.165) is 24.2 Å². The maximum atomic E-state index is 13.3. The molecule has 0 aliphatic carbocycles. The van der Waals surface area contributed by atoms with Gasteiger partial charge in [0.05, 0.1) is 23.9 Å². The molecule has 0 bridgehead atoms. The van der Waals surface area contributed by atoms with Crippen LogP contribution in [-0.4, -0.2) is 57.9 Å². The molecule has 1 aliphatic rings. The molecule has 184 valence electrons. The molecule has 1 saturated heterocycles. The quantitative estimate of drug-likeness (QED) is 0.203. The first-order chi connectivity index (χ1) is 17.0. The Bertz CT molecular complexity index is 1250. The lowest BCUT2D eigenvalue weighted by molar-refractivity contribution is -0.140. The van der Waals surface area contributed by atoms with Crippen LogP contribution < -0.4 is 4.74 Å². The SMILES string of the molecule is CCCCOc1ccc(C2C(=C(O)c3c(C)nc4ccccn34)C(=O)C(=O)N2CCCOC)cc1. The Kier molecular flexibility index (Phi) is 7.51. The molecule has 1 amide bonds. The van der Waals surface area contributed by atoms with Crippen molar-refractivity contribution in [2.45, 2.75) is 39.2 Å². The van der Waals surface area contributed by atoms with E-state index in [2.05, 4.69) is 11.9 Å². The monoisotopic (exact) mass is 477 g/mol. The number of likely N-dealkylation sites (tertiary alicyclic amines) is 1. The number of rotatable bonds is 10. The predicted octanol–water partition coefficient (Wildman–Crippen LogP) is 4.28. The number of ether oxygens (including phenoxy) is 2. The van der Waals surface area contributed by atoms with Gasteiger partial charge in [0.15, 0.2) is 5.76 Å². The second-order valence-electron chi connectivity index (χ2n) is 8.58. The van der Waals surface area contributed by atoms with Gasteiger partial charge in [0, 0.05) is 26.5 Å². The summed E-state index contributed by atoms with van der Waals surface area (Å²) in [4.78, 5) is 32.4. The van der Waals surface area contributed by atoms with E-state index in [1.165, 1.54) is 4.90 Å². The second-order valence-corrected chi connectivity index (χ2v) is 8.58. The number of pyridine rings is 1. The van der Waals surface area contributed by atoms with Crippen molar-refractivity contribution in [3.63, 3.8) is 0 Å². The summed E-state index contributed by atoms with van der Waals surface area (Å²) in [7, 11) is 1.59. The van der Waals surface area contributed by atoms with Crippen LogP contribution in [0.4, 0.5) is 0 Å². The van der Waals surface area contributed by atoms with Crippen LogP contribution in [0, 0.1) is 6.92 Å². The van der Waals surface area contributed by atoms with Crippen LogP contribution in [0.1, 0.15) is 49.2 Å². The number of methoxy groups -OCH3 is 1. The highest BCUT2D eigenvalue weighted by molar-refractivity contribution is 6.46. The van der Waals surface area contributed by atoms with Gasteiger partial charge in [-0.05, 0) is 49.6 Å². The Morgan fingerprint density at radius 3 is 2.57 bits per heavy atom. The fraction of sp³-hybridized carbons (Fsp3) is 0.370. The molecular weight excluding hydrogens is 446 g/mol. The number of Topliss-reactive ketones (excluding diaryl/α,β-unsaturated/α-hetero) is 1. The van der Waals surface area contributed by atoms with Gasteiger partial charge in [-0.2, -0.15) is 0 Å². The Balaban J connectivity index is 1.80. The molecule has 1 atom stereocenters. The lowest BCUT2D eigenvalue weighted by Crippen LogP contribution is -2.31. The Hall–Kier alpha value is -3.65. The van der Waals surface area contributed by atoms with Crippen LogP contribution in [-0.2, 0) is 14.3 Å². The van der Waals surface area contributed by atoms with Gasteiger partial charge in [0.2, 0.25) is 0 Å². The first kappa shape index (κ1) is 24.5. The van der Waals surface area contributed by atoms with Crippen LogP contribution in [0.15, 0.2) is 54.2 Å². The Morgan fingerprint density at radius 1 is 1.09 bits per heavy atom. The van der Waals surface area contributed by atoms with E-state index >= 15 is 0 Å². The van der Waals surface area contributed by atoms with Crippen molar-refractivity contribution in [1.29, 1.82) is 0 Å². The average Bonchev–Trinajstić information content (AvgIpc) is 3.33. The number of fused-ring (bicyclic) bond motifs is 1. The van der Waals surface area contributed by atoms with Gasteiger partial charge in [-0.25, -0.2) is 4.98 Å². The fourth-order valence-electron chi connectivity index (χ4n) is 4.44. The van der Waals surface area contributed by atoms with Gasteiger partial charge in [0.25, 0.3) is 11.7 Å². The molecule has 8 nitrogen and oxygen atoms in total. The number of benzene rings is 1. The summed E-state index contributed by atoms with van der Waals surface area (Å²) in [5.74, 6) is -0.862. The number of carbonyl (C=O) groups is 2. The Morgan fingerprint density at radius 2 is 1.86 bits per heavy atom. The van der Waals surface area contributed by atoms with Gasteiger partial charge >= 0.3 is 0 Å². The molecule has 0 spiro atoms. The summed E-state index contributed by atoms with van der Waals surface area (Å²) in [6.45, 7) is 5.27. The largest absolute Gasteiger partial charge is 0.505 e. The lowest BCUT2D eigenvalue weighted by atomic mass is 9.96. The number of amides is 1. The topological polar surface area (TPSA) is 93.4 Å². The normalized spacial score (nSPS) is 17.5. The number of hydrogen-bond donors (Lipinski definition) is 1. The van der Waals surface area contributed by atoms with E-state index in [-0.39, 0.29) is 11.3 Å². The van der Waals surface area contributed by atoms with Crippen LogP contribution in [0.2, 0.25) is 0 Å². The third-order valence-corrected chi connectivity index (χ3v) is 6.18. The summed E-state index contributed by atoms with van der Waals surface area (Å²) in [6, 6.07) is 12.1. The summed E-state index contributed by atoms with van der Waals surface area (Å²) in [5.41, 5.74) is 2.39. The zero-order chi connectivity index (χ0) is 24.9. The van der Waals surface area contributed by atoms with Crippen molar-refractivity contribution in [1.82, 2.24) is 14.3 Å². The van der Waals surface area contributed by atoms with Crippen molar-refractivity contribution in [3.8, 4) is 5.75 Å². The minimum absolute atomic E-state index is 0.0563. The zero-order valence-corrected chi connectivity index (χ0v) is 20.4. The molecule has 0 saturated carbocycles. The fourth-order valence-corrected chi connectivity index (χ4v) is 4.44. The van der Waals surface area contributed by atoms with Crippen molar-refractivity contribution in [3.05, 3.63) is 71.2 Å². The molecule has 1 fully saturated rings. The Labute approximate surface area is 204 Å². The minimum atomic E-state index is -0.731. The number of aryl methyl sites for hydroxylation is 1. The third kappa shape index (κ3) is 4.79. The molecular formula is C27H31N3O5. The number of carbonyl (C=O) groups excluding carboxylic acids is 2. The van der Waals surface area contributed by atoms with Crippen LogP contribution in [0.3, 0.4) is 0 Å². The maximum absolute atomic E-state index is 13.3. The highest BCUT2D eigenvalue weighted by atomic mass is 16.5. The summed E-state index contributed by atoms with van der Waals surface area (Å²) in [5, 5.41) is 11.5. The molecule has 35 heavy (non-hydrogen) atoms.